The van der Waals surface area contributed by atoms with Crippen LogP contribution in [0.1, 0.15) is 76.5 Å². The van der Waals surface area contributed by atoms with Crippen LogP contribution in [0.2, 0.25) is 10.0 Å². The third-order valence-electron chi connectivity index (χ3n) is 9.56. The van der Waals surface area contributed by atoms with Crippen LogP contribution in [-0.4, -0.2) is 70.7 Å². The summed E-state index contributed by atoms with van der Waals surface area (Å²) in [6.07, 6.45) is 1.83. The van der Waals surface area contributed by atoms with Crippen molar-refractivity contribution in [2.24, 2.45) is 17.3 Å². The standard InChI is InChI=1S/C33H40Cl2N2O6S/c1-32(2,3)44(42,43)19-27(20-8-9-20)37-29(21-10-12-24(34)13-11-21)26(22-6-5-7-25(35)14-22)15-33(4,31(37)41)16-28(38)36-17-23(18-36)30(39)40/h5-7,10-14,20,23,26-27,29H,8-9,15-19H2,1-4H3,(H,39,40)/t26-,27-,29-,33-/m1/s1. The predicted octanol–water partition coefficient (Wildman–Crippen LogP) is 5.98. The molecule has 238 valence electrons. The summed E-state index contributed by atoms with van der Waals surface area (Å²) in [4.78, 5) is 43.1. The molecular formula is C33H40Cl2N2O6S. The molecule has 0 bridgehead atoms. The number of amides is 2. The van der Waals surface area contributed by atoms with Gasteiger partial charge in [0, 0.05) is 41.5 Å². The van der Waals surface area contributed by atoms with Gasteiger partial charge in [0.15, 0.2) is 9.84 Å². The minimum atomic E-state index is -3.63. The summed E-state index contributed by atoms with van der Waals surface area (Å²) in [7, 11) is -3.63. The molecule has 1 aliphatic carbocycles. The highest BCUT2D eigenvalue weighted by Crippen LogP contribution is 2.54. The molecule has 0 radical (unpaired) electrons. The topological polar surface area (TPSA) is 112 Å². The van der Waals surface area contributed by atoms with Crippen molar-refractivity contribution in [1.82, 2.24) is 9.80 Å². The van der Waals surface area contributed by atoms with Gasteiger partial charge < -0.3 is 14.9 Å². The van der Waals surface area contributed by atoms with Gasteiger partial charge in [0.25, 0.3) is 0 Å². The predicted molar refractivity (Wildman–Crippen MR) is 170 cm³/mol. The molecular weight excluding hydrogens is 623 g/mol. The lowest BCUT2D eigenvalue weighted by molar-refractivity contribution is -0.162. The Morgan fingerprint density at radius 3 is 2.20 bits per heavy atom. The van der Waals surface area contributed by atoms with Crippen LogP contribution < -0.4 is 0 Å². The molecule has 0 unspecified atom stereocenters. The fourth-order valence-electron chi connectivity index (χ4n) is 6.59. The van der Waals surface area contributed by atoms with Crippen molar-refractivity contribution in [2.45, 2.75) is 76.1 Å². The Hall–Kier alpha value is -2.62. The number of nitrogens with zero attached hydrogens (tertiary/aromatic N) is 2. The van der Waals surface area contributed by atoms with Gasteiger partial charge >= 0.3 is 5.97 Å². The van der Waals surface area contributed by atoms with E-state index in [2.05, 4.69) is 0 Å². The number of rotatable bonds is 9. The molecule has 11 heteroatoms. The number of carbonyl (C=O) groups excluding carboxylic acids is 2. The van der Waals surface area contributed by atoms with E-state index >= 15 is 0 Å². The van der Waals surface area contributed by atoms with Crippen LogP contribution in [0.25, 0.3) is 0 Å². The smallest absolute Gasteiger partial charge is 0.310 e. The number of hydrogen-bond acceptors (Lipinski definition) is 5. The van der Waals surface area contributed by atoms with E-state index in [0.717, 1.165) is 24.0 Å². The minimum Gasteiger partial charge on any atom is -0.481 e. The molecule has 2 aromatic rings. The quantitative estimate of drug-likeness (QED) is 0.353. The summed E-state index contributed by atoms with van der Waals surface area (Å²) in [5.41, 5.74) is 0.545. The number of hydrogen-bond donors (Lipinski definition) is 1. The maximum absolute atomic E-state index is 14.9. The number of sulfone groups is 1. The Morgan fingerprint density at radius 1 is 1.02 bits per heavy atom. The number of likely N-dealkylation sites (tertiary alicyclic amines) is 2. The first-order valence-electron chi connectivity index (χ1n) is 15.1. The van der Waals surface area contributed by atoms with Gasteiger partial charge in [-0.15, -0.1) is 0 Å². The van der Waals surface area contributed by atoms with Crippen molar-refractivity contribution >= 4 is 50.8 Å². The van der Waals surface area contributed by atoms with Crippen LogP contribution in [-0.2, 0) is 24.2 Å². The number of carboxylic acid groups (broad SMARTS) is 1. The highest BCUT2D eigenvalue weighted by atomic mass is 35.5. The molecule has 2 saturated heterocycles. The summed E-state index contributed by atoms with van der Waals surface area (Å²) >= 11 is 12.8. The van der Waals surface area contributed by atoms with E-state index in [1.54, 1.807) is 50.8 Å². The normalized spacial score (nSPS) is 25.5. The Bertz CT molecular complexity index is 1550. The van der Waals surface area contributed by atoms with Crippen molar-refractivity contribution in [1.29, 1.82) is 0 Å². The molecule has 8 nitrogen and oxygen atoms in total. The molecule has 1 N–H and O–H groups in total. The van der Waals surface area contributed by atoms with Gasteiger partial charge in [0.05, 0.1) is 27.9 Å². The summed E-state index contributed by atoms with van der Waals surface area (Å²) < 4.78 is 26.4. The molecule has 3 fully saturated rings. The second kappa shape index (κ2) is 12.0. The van der Waals surface area contributed by atoms with Gasteiger partial charge in [-0.3, -0.25) is 14.4 Å². The molecule has 2 heterocycles. The zero-order valence-electron chi connectivity index (χ0n) is 25.5. The van der Waals surface area contributed by atoms with Gasteiger partial charge in [0.2, 0.25) is 11.8 Å². The van der Waals surface area contributed by atoms with Gasteiger partial charge in [0.1, 0.15) is 0 Å². The van der Waals surface area contributed by atoms with Crippen LogP contribution in [0.5, 0.6) is 0 Å². The van der Waals surface area contributed by atoms with Gasteiger partial charge in [-0.1, -0.05) is 54.4 Å². The summed E-state index contributed by atoms with van der Waals surface area (Å²) in [6.45, 7) is 7.04. The van der Waals surface area contributed by atoms with E-state index in [-0.39, 0.29) is 48.9 Å². The lowest BCUT2D eigenvalue weighted by Gasteiger charge is -2.53. The van der Waals surface area contributed by atoms with E-state index in [9.17, 15) is 27.9 Å². The third-order valence-corrected chi connectivity index (χ3v) is 12.7. The Labute approximate surface area is 269 Å². The first-order chi connectivity index (χ1) is 20.5. The van der Waals surface area contributed by atoms with Crippen LogP contribution >= 0.6 is 23.2 Å². The largest absolute Gasteiger partial charge is 0.481 e. The zero-order valence-corrected chi connectivity index (χ0v) is 27.8. The fourth-order valence-corrected chi connectivity index (χ4v) is 8.30. The molecule has 0 spiro atoms. The molecule has 3 aliphatic rings. The maximum Gasteiger partial charge on any atom is 0.310 e. The highest BCUT2D eigenvalue weighted by Gasteiger charge is 2.56. The number of carbonyl (C=O) groups is 3. The maximum atomic E-state index is 14.9. The fraction of sp³-hybridized carbons (Fsp3) is 0.545. The first kappa shape index (κ1) is 32.8. The van der Waals surface area contributed by atoms with Gasteiger partial charge in [-0.05, 0) is 81.3 Å². The lowest BCUT2D eigenvalue weighted by Crippen LogP contribution is -2.60. The Balaban J connectivity index is 1.63. The summed E-state index contributed by atoms with van der Waals surface area (Å²) in [5, 5.41) is 10.4. The van der Waals surface area contributed by atoms with Crippen molar-refractivity contribution in [3.63, 3.8) is 0 Å². The summed E-state index contributed by atoms with van der Waals surface area (Å²) in [5.74, 6) is -2.59. The van der Waals surface area contributed by atoms with Crippen LogP contribution in [0, 0.1) is 17.3 Å². The van der Waals surface area contributed by atoms with Crippen molar-refractivity contribution in [3.05, 3.63) is 69.7 Å². The molecule has 2 aromatic carbocycles. The number of aliphatic carboxylic acids is 1. The van der Waals surface area contributed by atoms with Crippen LogP contribution in [0.15, 0.2) is 48.5 Å². The van der Waals surface area contributed by atoms with Crippen molar-refractivity contribution < 1.29 is 27.9 Å². The van der Waals surface area contributed by atoms with Crippen LogP contribution in [0.4, 0.5) is 0 Å². The molecule has 0 aromatic heterocycles. The monoisotopic (exact) mass is 662 g/mol. The zero-order chi connectivity index (χ0) is 32.2. The molecule has 4 atom stereocenters. The van der Waals surface area contributed by atoms with Gasteiger partial charge in [-0.25, -0.2) is 8.42 Å². The summed E-state index contributed by atoms with van der Waals surface area (Å²) in [6, 6.07) is 13.7. The molecule has 2 aliphatic heterocycles. The van der Waals surface area contributed by atoms with E-state index < -0.39 is 44.0 Å². The van der Waals surface area contributed by atoms with E-state index in [0.29, 0.717) is 16.5 Å². The van der Waals surface area contributed by atoms with Crippen LogP contribution in [0.3, 0.4) is 0 Å². The average molecular weight is 664 g/mol. The van der Waals surface area contributed by atoms with Crippen molar-refractivity contribution in [2.75, 3.05) is 18.8 Å². The van der Waals surface area contributed by atoms with E-state index in [1.807, 2.05) is 30.3 Å². The van der Waals surface area contributed by atoms with Crippen molar-refractivity contribution in [3.8, 4) is 0 Å². The molecule has 2 amide bonds. The Morgan fingerprint density at radius 2 is 1.66 bits per heavy atom. The second-order valence-corrected chi connectivity index (χ2v) is 17.6. The average Bonchev–Trinajstić information content (AvgIpc) is 3.73. The first-order valence-corrected chi connectivity index (χ1v) is 17.5. The molecule has 5 rings (SSSR count). The van der Waals surface area contributed by atoms with Gasteiger partial charge in [-0.2, -0.15) is 0 Å². The second-order valence-electron chi connectivity index (χ2n) is 13.9. The lowest BCUT2D eigenvalue weighted by atomic mass is 9.66. The number of piperidine rings is 1. The van der Waals surface area contributed by atoms with E-state index in [4.69, 9.17) is 23.2 Å². The SMILES string of the molecule is CC(C)(C)S(=O)(=O)C[C@H](C1CC1)N1C(=O)[C@@](C)(CC(=O)N2CC(C(=O)O)C2)C[C@H](c2cccc(Cl)c2)[C@H]1c1ccc(Cl)cc1. The Kier molecular flexibility index (Phi) is 8.90. The number of halogens is 2. The number of benzene rings is 2. The van der Waals surface area contributed by atoms with E-state index in [1.165, 1.54) is 4.90 Å². The number of carboxylic acids is 1. The molecule has 1 saturated carbocycles. The highest BCUT2D eigenvalue weighted by molar-refractivity contribution is 7.92. The molecule has 44 heavy (non-hydrogen) atoms. The third kappa shape index (κ3) is 6.51. The minimum absolute atomic E-state index is 0.00986.